The number of hydrogen-bond donors (Lipinski definition) is 1. The van der Waals surface area contributed by atoms with Gasteiger partial charge in [-0.3, -0.25) is 4.79 Å². The number of carbonyl (C=O) groups is 1. The van der Waals surface area contributed by atoms with Gasteiger partial charge in [-0.25, -0.2) is 4.99 Å². The van der Waals surface area contributed by atoms with Crippen LogP contribution in [0.25, 0.3) is 0 Å². The normalized spacial score (nSPS) is 11.1. The van der Waals surface area contributed by atoms with Crippen molar-refractivity contribution >= 4 is 47.2 Å². The first-order chi connectivity index (χ1) is 9.90. The monoisotopic (exact) mass is 438 g/mol. The van der Waals surface area contributed by atoms with E-state index in [1.807, 2.05) is 11.9 Å². The number of guanidine groups is 1. The van der Waals surface area contributed by atoms with Crippen LogP contribution in [-0.2, 0) is 11.3 Å². The van der Waals surface area contributed by atoms with E-state index in [0.717, 1.165) is 19.0 Å². The highest BCUT2D eigenvalue weighted by atomic mass is 127. The van der Waals surface area contributed by atoms with Crippen molar-refractivity contribution in [3.63, 3.8) is 0 Å². The minimum Gasteiger partial charge on any atom is -0.356 e. The Morgan fingerprint density at radius 2 is 2.05 bits per heavy atom. The molecular formula is C15H27IN4OS. The smallest absolute Gasteiger partial charge is 0.243 e. The molecule has 0 unspecified atom stereocenters. The predicted molar refractivity (Wildman–Crippen MR) is 105 cm³/mol. The SMILES string of the molecule is CC(C)CNC(=NCC(=O)N(C)C)N(C)Cc1ccsc1.I. The van der Waals surface area contributed by atoms with Gasteiger partial charge in [0.25, 0.3) is 0 Å². The first-order valence-electron chi connectivity index (χ1n) is 7.10. The van der Waals surface area contributed by atoms with Crippen molar-refractivity contribution in [2.75, 3.05) is 34.2 Å². The first kappa shape index (κ1) is 21.2. The molecule has 0 aliphatic carbocycles. The van der Waals surface area contributed by atoms with Crippen LogP contribution < -0.4 is 5.32 Å². The van der Waals surface area contributed by atoms with Crippen molar-refractivity contribution in [3.05, 3.63) is 22.4 Å². The van der Waals surface area contributed by atoms with Crippen molar-refractivity contribution in [2.24, 2.45) is 10.9 Å². The van der Waals surface area contributed by atoms with E-state index in [2.05, 4.69) is 41.0 Å². The summed E-state index contributed by atoms with van der Waals surface area (Å²) in [5.41, 5.74) is 1.25. The lowest BCUT2D eigenvalue weighted by Crippen LogP contribution is -2.41. The van der Waals surface area contributed by atoms with Crippen LogP contribution >= 0.6 is 35.3 Å². The summed E-state index contributed by atoms with van der Waals surface area (Å²) in [6.07, 6.45) is 0. The molecule has 1 aromatic heterocycles. The number of aliphatic imine (C=N–C) groups is 1. The lowest BCUT2D eigenvalue weighted by atomic mass is 10.2. The van der Waals surface area contributed by atoms with E-state index < -0.39 is 0 Å². The quantitative estimate of drug-likeness (QED) is 0.422. The Morgan fingerprint density at radius 3 is 2.55 bits per heavy atom. The molecular weight excluding hydrogens is 411 g/mol. The van der Waals surface area contributed by atoms with Crippen LogP contribution in [0.5, 0.6) is 0 Å². The molecule has 0 saturated carbocycles. The molecule has 1 heterocycles. The molecule has 0 atom stereocenters. The number of hydrogen-bond acceptors (Lipinski definition) is 3. The Kier molecular flexibility index (Phi) is 10.4. The Labute approximate surface area is 154 Å². The third-order valence-electron chi connectivity index (χ3n) is 2.89. The number of amides is 1. The highest BCUT2D eigenvalue weighted by molar-refractivity contribution is 14.0. The standard InChI is InChI=1S/C15H26N4OS.HI/c1-12(2)8-16-15(17-9-14(20)18(3)4)19(5)10-13-6-7-21-11-13;/h6-7,11-12H,8-10H2,1-5H3,(H,16,17);1H. The van der Waals surface area contributed by atoms with Gasteiger partial charge in [0.2, 0.25) is 5.91 Å². The average Bonchev–Trinajstić information content (AvgIpc) is 2.90. The molecule has 126 valence electrons. The molecule has 0 aromatic carbocycles. The molecule has 7 heteroatoms. The van der Waals surface area contributed by atoms with Gasteiger partial charge >= 0.3 is 0 Å². The average molecular weight is 438 g/mol. The summed E-state index contributed by atoms with van der Waals surface area (Å²) in [6, 6.07) is 2.10. The minimum absolute atomic E-state index is 0. The summed E-state index contributed by atoms with van der Waals surface area (Å²) in [4.78, 5) is 19.7. The Bertz CT molecular complexity index is 460. The van der Waals surface area contributed by atoms with Crippen LogP contribution in [-0.4, -0.2) is 55.9 Å². The van der Waals surface area contributed by atoms with Gasteiger partial charge < -0.3 is 15.1 Å². The summed E-state index contributed by atoms with van der Waals surface area (Å²) in [5.74, 6) is 1.29. The fourth-order valence-electron chi connectivity index (χ4n) is 1.62. The fraction of sp³-hybridized carbons (Fsp3) is 0.600. The molecule has 1 N–H and O–H groups in total. The molecule has 22 heavy (non-hydrogen) atoms. The van der Waals surface area contributed by atoms with Crippen LogP contribution in [0.1, 0.15) is 19.4 Å². The van der Waals surface area contributed by atoms with E-state index in [1.54, 1.807) is 30.3 Å². The molecule has 0 saturated heterocycles. The summed E-state index contributed by atoms with van der Waals surface area (Å²) in [7, 11) is 5.48. The predicted octanol–water partition coefficient (Wildman–Crippen LogP) is 2.49. The second kappa shape index (κ2) is 10.8. The molecule has 0 fully saturated rings. The number of rotatable bonds is 6. The number of nitrogens with zero attached hydrogens (tertiary/aromatic N) is 3. The molecule has 0 spiro atoms. The lowest BCUT2D eigenvalue weighted by molar-refractivity contribution is -0.127. The maximum atomic E-state index is 11.7. The van der Waals surface area contributed by atoms with E-state index in [9.17, 15) is 4.79 Å². The third-order valence-corrected chi connectivity index (χ3v) is 3.62. The van der Waals surface area contributed by atoms with Gasteiger partial charge in [-0.2, -0.15) is 11.3 Å². The van der Waals surface area contributed by atoms with Crippen molar-refractivity contribution in [3.8, 4) is 0 Å². The van der Waals surface area contributed by atoms with Crippen molar-refractivity contribution in [2.45, 2.75) is 20.4 Å². The van der Waals surface area contributed by atoms with Gasteiger partial charge in [-0.15, -0.1) is 24.0 Å². The first-order valence-corrected chi connectivity index (χ1v) is 8.05. The lowest BCUT2D eigenvalue weighted by Gasteiger charge is -2.23. The highest BCUT2D eigenvalue weighted by Crippen LogP contribution is 2.08. The van der Waals surface area contributed by atoms with Crippen molar-refractivity contribution in [1.29, 1.82) is 0 Å². The molecule has 1 rings (SSSR count). The number of nitrogens with one attached hydrogen (secondary N) is 1. The van der Waals surface area contributed by atoms with Crippen LogP contribution in [0.4, 0.5) is 0 Å². The molecule has 1 amide bonds. The van der Waals surface area contributed by atoms with E-state index in [-0.39, 0.29) is 36.4 Å². The molecule has 0 aliphatic rings. The molecule has 0 aliphatic heterocycles. The molecule has 0 bridgehead atoms. The molecule has 0 radical (unpaired) electrons. The maximum Gasteiger partial charge on any atom is 0.243 e. The Morgan fingerprint density at radius 1 is 1.36 bits per heavy atom. The summed E-state index contributed by atoms with van der Waals surface area (Å²) in [6.45, 7) is 6.08. The van der Waals surface area contributed by atoms with E-state index in [4.69, 9.17) is 0 Å². The Balaban J connectivity index is 0.00000441. The van der Waals surface area contributed by atoms with Gasteiger partial charge in [-0.05, 0) is 28.3 Å². The van der Waals surface area contributed by atoms with Crippen LogP contribution in [0.15, 0.2) is 21.8 Å². The Hall–Kier alpha value is -0.830. The van der Waals surface area contributed by atoms with Gasteiger partial charge in [0.1, 0.15) is 6.54 Å². The second-order valence-corrected chi connectivity index (χ2v) is 6.47. The zero-order valence-electron chi connectivity index (χ0n) is 14.0. The summed E-state index contributed by atoms with van der Waals surface area (Å²) >= 11 is 1.69. The highest BCUT2D eigenvalue weighted by Gasteiger charge is 2.10. The van der Waals surface area contributed by atoms with E-state index in [1.165, 1.54) is 5.56 Å². The zero-order valence-corrected chi connectivity index (χ0v) is 17.1. The van der Waals surface area contributed by atoms with E-state index >= 15 is 0 Å². The number of halogens is 1. The summed E-state index contributed by atoms with van der Waals surface area (Å²) in [5, 5.41) is 7.53. The topological polar surface area (TPSA) is 47.9 Å². The number of thiophene rings is 1. The largest absolute Gasteiger partial charge is 0.356 e. The fourth-order valence-corrected chi connectivity index (χ4v) is 2.28. The van der Waals surface area contributed by atoms with E-state index in [0.29, 0.717) is 5.92 Å². The third kappa shape index (κ3) is 7.98. The number of carbonyl (C=O) groups excluding carboxylic acids is 1. The van der Waals surface area contributed by atoms with Gasteiger partial charge in [0.05, 0.1) is 0 Å². The van der Waals surface area contributed by atoms with Gasteiger partial charge in [-0.1, -0.05) is 13.8 Å². The second-order valence-electron chi connectivity index (χ2n) is 5.69. The number of likely N-dealkylation sites (N-methyl/N-ethyl adjacent to an activating group) is 1. The van der Waals surface area contributed by atoms with Gasteiger partial charge in [0, 0.05) is 34.2 Å². The van der Waals surface area contributed by atoms with Crippen LogP contribution in [0.2, 0.25) is 0 Å². The minimum atomic E-state index is 0. The maximum absolute atomic E-state index is 11.7. The van der Waals surface area contributed by atoms with Crippen molar-refractivity contribution < 1.29 is 4.79 Å². The zero-order chi connectivity index (χ0) is 15.8. The van der Waals surface area contributed by atoms with Crippen LogP contribution in [0.3, 0.4) is 0 Å². The summed E-state index contributed by atoms with van der Waals surface area (Å²) < 4.78 is 0. The van der Waals surface area contributed by atoms with Crippen LogP contribution in [0, 0.1) is 5.92 Å². The van der Waals surface area contributed by atoms with Crippen molar-refractivity contribution in [1.82, 2.24) is 15.1 Å². The van der Waals surface area contributed by atoms with Gasteiger partial charge in [0.15, 0.2) is 5.96 Å². The molecule has 1 aromatic rings. The molecule has 5 nitrogen and oxygen atoms in total.